The third-order valence-corrected chi connectivity index (χ3v) is 9.52. The van der Waals surface area contributed by atoms with Crippen molar-refractivity contribution in [1.82, 2.24) is 14.6 Å². The number of hydrogen-bond donors (Lipinski definition) is 1. The number of aliphatic imine (C=N–C) groups is 1. The van der Waals surface area contributed by atoms with Crippen molar-refractivity contribution < 1.29 is 4.74 Å². The van der Waals surface area contributed by atoms with Crippen LogP contribution in [0.1, 0.15) is 12.8 Å². The van der Waals surface area contributed by atoms with E-state index in [9.17, 15) is 9.59 Å². The Balaban J connectivity index is 1.49. The van der Waals surface area contributed by atoms with Gasteiger partial charge in [-0.05, 0) is 40.9 Å². The summed E-state index contributed by atoms with van der Waals surface area (Å²) in [7, 11) is 1.47. The molecule has 4 aromatic carbocycles. The molecule has 8 rings (SSSR count). The summed E-state index contributed by atoms with van der Waals surface area (Å²) in [4.78, 5) is 32.5. The van der Waals surface area contributed by atoms with Crippen molar-refractivity contribution in [1.29, 1.82) is 0 Å². The van der Waals surface area contributed by atoms with E-state index in [1.165, 1.54) is 10.9 Å². The van der Waals surface area contributed by atoms with E-state index < -0.39 is 6.10 Å². The quantitative estimate of drug-likeness (QED) is 0.178. The molecule has 0 fully saturated rings. The predicted octanol–water partition coefficient (Wildman–Crippen LogP) is 6.20. The molecule has 0 unspecified atom stereocenters. The van der Waals surface area contributed by atoms with E-state index in [2.05, 4.69) is 27.7 Å². The average Bonchev–Trinajstić information content (AvgIpc) is 3.11. The van der Waals surface area contributed by atoms with Crippen LogP contribution in [-0.2, 0) is 17.8 Å². The fourth-order valence-corrected chi connectivity index (χ4v) is 7.59. The van der Waals surface area contributed by atoms with Crippen LogP contribution in [0.2, 0.25) is 0 Å². The van der Waals surface area contributed by atoms with E-state index in [4.69, 9.17) is 16.3 Å². The topological polar surface area (TPSA) is 90.0 Å². The lowest BCUT2D eigenvalue weighted by Gasteiger charge is -2.25. The van der Waals surface area contributed by atoms with Gasteiger partial charge in [0.2, 0.25) is 11.2 Å². The number of ether oxygens (including phenoxy) is 1. The van der Waals surface area contributed by atoms with Gasteiger partial charge in [0.1, 0.15) is 15.4 Å². The second-order valence-electron chi connectivity index (χ2n) is 10.7. The molecule has 2 aliphatic rings. The summed E-state index contributed by atoms with van der Waals surface area (Å²) in [6, 6.07) is 23.8. The molecule has 0 atom stereocenters. The Hall–Kier alpha value is -4.73. The highest BCUT2D eigenvalue weighted by atomic mass is 35.5. The minimum atomic E-state index is -0.589. The van der Waals surface area contributed by atoms with Gasteiger partial charge in [-0.1, -0.05) is 77.7 Å². The first-order chi connectivity index (χ1) is 21.1. The van der Waals surface area contributed by atoms with Crippen LogP contribution < -0.4 is 16.5 Å². The van der Waals surface area contributed by atoms with Crippen LogP contribution in [0.3, 0.4) is 0 Å². The maximum atomic E-state index is 14.2. The summed E-state index contributed by atoms with van der Waals surface area (Å²) in [5, 5.41) is 11.5. The van der Waals surface area contributed by atoms with E-state index in [-0.39, 0.29) is 29.5 Å². The molecule has 6 aromatic rings. The van der Waals surface area contributed by atoms with Gasteiger partial charge in [0.25, 0.3) is 11.1 Å². The fraction of sp³-hybridized carbons (Fsp3) is 0.152. The lowest BCUT2D eigenvalue weighted by atomic mass is 10.0. The molecule has 10 heteroatoms. The Bertz CT molecular complexity index is 2320. The molecular weight excluding hydrogens is 582 g/mol. The summed E-state index contributed by atoms with van der Waals surface area (Å²) in [6.07, 6.45) is 4.06. The fourth-order valence-electron chi connectivity index (χ4n) is 6.21. The van der Waals surface area contributed by atoms with E-state index in [1.807, 2.05) is 66.7 Å². The molecule has 4 heterocycles. The summed E-state index contributed by atoms with van der Waals surface area (Å²) in [5.74, 6) is 0.417. The van der Waals surface area contributed by atoms with Gasteiger partial charge in [0.15, 0.2) is 0 Å². The number of allylic oxidation sites excluding steroid dienone is 1. The van der Waals surface area contributed by atoms with Crippen molar-refractivity contribution in [2.45, 2.75) is 32.0 Å². The highest BCUT2D eigenvalue weighted by Gasteiger charge is 2.23. The molecule has 0 spiro atoms. The van der Waals surface area contributed by atoms with Crippen molar-refractivity contribution in [3.05, 3.63) is 115 Å². The Morgan fingerprint density at radius 2 is 1.33 bits per heavy atom. The molecule has 8 nitrogen and oxygen atoms in total. The first kappa shape index (κ1) is 25.9. The molecule has 43 heavy (non-hydrogen) atoms. The van der Waals surface area contributed by atoms with Crippen LogP contribution in [0.25, 0.3) is 43.1 Å². The first-order valence-corrected chi connectivity index (χ1v) is 15.2. The van der Waals surface area contributed by atoms with Gasteiger partial charge in [-0.3, -0.25) is 18.7 Å². The van der Waals surface area contributed by atoms with Crippen LogP contribution in [-0.4, -0.2) is 26.4 Å². The van der Waals surface area contributed by atoms with Crippen molar-refractivity contribution in [2.75, 3.05) is 0 Å². The minimum Gasteiger partial charge on any atom is -0.473 e. The van der Waals surface area contributed by atoms with Gasteiger partial charge in [-0.15, -0.1) is 5.10 Å². The van der Waals surface area contributed by atoms with Crippen LogP contribution >= 0.6 is 22.5 Å². The molecule has 0 saturated carbocycles. The third kappa shape index (κ3) is 4.26. The number of amidine groups is 1. The first-order valence-electron chi connectivity index (χ1n) is 14.0. The molecule has 0 aliphatic carbocycles. The zero-order chi connectivity index (χ0) is 29.1. The average molecular weight is 606 g/mol. The van der Waals surface area contributed by atoms with Crippen LogP contribution in [0.5, 0.6) is 0 Å². The highest BCUT2D eigenvalue weighted by molar-refractivity contribution is 7.83. The van der Waals surface area contributed by atoms with Gasteiger partial charge < -0.3 is 4.74 Å². The van der Waals surface area contributed by atoms with Crippen LogP contribution in [0.15, 0.2) is 105 Å². The van der Waals surface area contributed by atoms with Crippen LogP contribution in [0, 0.1) is 9.28 Å². The number of aromatic nitrogens is 2. The summed E-state index contributed by atoms with van der Waals surface area (Å²) in [5.41, 5.74) is 2.54. The van der Waals surface area contributed by atoms with Crippen molar-refractivity contribution in [3.63, 3.8) is 0 Å². The lowest BCUT2D eigenvalue weighted by molar-refractivity contribution is 0.139. The predicted molar refractivity (Wildman–Crippen MR) is 175 cm³/mol. The molecular formula is C33H24ClN5O3S. The number of fused-ring (bicyclic) bond motifs is 4. The molecule has 0 amide bonds. The second kappa shape index (κ2) is 10.2. The number of halogens is 1. The van der Waals surface area contributed by atoms with Crippen molar-refractivity contribution in [3.8, 4) is 0 Å². The van der Waals surface area contributed by atoms with Gasteiger partial charge in [-0.2, -0.15) is 0 Å². The van der Waals surface area contributed by atoms with Gasteiger partial charge in [0.05, 0.1) is 13.1 Å². The number of nitrogens with one attached hydrogen (secondary N) is 1. The Morgan fingerprint density at radius 1 is 0.791 bits per heavy atom. The van der Waals surface area contributed by atoms with Crippen LogP contribution in [0.4, 0.5) is 0 Å². The molecule has 0 saturated heterocycles. The number of benzene rings is 4. The van der Waals surface area contributed by atoms with Gasteiger partial charge in [-0.25, -0.2) is 10.4 Å². The third-order valence-electron chi connectivity index (χ3n) is 8.07. The van der Waals surface area contributed by atoms with Gasteiger partial charge in [0, 0.05) is 44.9 Å². The number of nitrogens with zero attached hydrogens (tertiary/aromatic N) is 4. The van der Waals surface area contributed by atoms with E-state index in [0.29, 0.717) is 29.5 Å². The van der Waals surface area contributed by atoms with E-state index in [1.54, 1.807) is 15.3 Å². The van der Waals surface area contributed by atoms with Crippen molar-refractivity contribution in [2.24, 2.45) is 10.1 Å². The number of rotatable bonds is 1. The number of hydrogen-bond acceptors (Lipinski definition) is 6. The summed E-state index contributed by atoms with van der Waals surface area (Å²) >= 11 is 6.12. The lowest BCUT2D eigenvalue weighted by Crippen LogP contribution is -2.37. The Morgan fingerprint density at radius 3 is 1.88 bits per heavy atom. The SMILES string of the molecule is O=c1c2cccc3cccc(c4n1CC(O/C1=N\NC(Cl)=N/C=C/CC1)Cn1c(=O)c5cccc6cccc(c1=S=4)c65)c32. The highest BCUT2D eigenvalue weighted by Crippen LogP contribution is 2.30. The Kier molecular flexibility index (Phi) is 6.16. The standard InChI is InChI=1S/C33H24ClN5O3S/c34-33-35-16-2-1-15-26(36-37-33)42-21-17-38-29(40)22-11-3-7-19-9-5-13-24(27(19)22)31(38)43-32-25-14-6-10-20-8-4-12-23(28(20)25)30(41)39(32)18-21/h2-14,16,21H,1,15,17-18H2,(H,35,37)/b16-2+,36-26-. The maximum Gasteiger partial charge on any atom is 0.259 e. The summed E-state index contributed by atoms with van der Waals surface area (Å²) < 4.78 is 11.7. The van der Waals surface area contributed by atoms with Gasteiger partial charge >= 0.3 is 0 Å². The number of pyridine rings is 2. The Labute approximate surface area is 252 Å². The molecule has 212 valence electrons. The molecule has 0 bridgehead atoms. The zero-order valence-corrected chi connectivity index (χ0v) is 24.4. The minimum absolute atomic E-state index is 0.0946. The maximum absolute atomic E-state index is 14.2. The summed E-state index contributed by atoms with van der Waals surface area (Å²) in [6.45, 7) is 0.455. The largest absolute Gasteiger partial charge is 0.473 e. The number of hydrazone groups is 1. The second-order valence-corrected chi connectivity index (χ2v) is 12.0. The molecule has 2 aliphatic heterocycles. The van der Waals surface area contributed by atoms with E-state index in [0.717, 1.165) is 41.6 Å². The molecule has 0 radical (unpaired) electrons. The van der Waals surface area contributed by atoms with E-state index >= 15 is 0 Å². The zero-order valence-electron chi connectivity index (χ0n) is 22.8. The molecule has 1 N–H and O–H groups in total. The molecule has 2 aromatic heterocycles. The normalized spacial score (nSPS) is 19.0. The van der Waals surface area contributed by atoms with Crippen molar-refractivity contribution >= 4 is 76.8 Å². The smallest absolute Gasteiger partial charge is 0.259 e. The monoisotopic (exact) mass is 605 g/mol.